The van der Waals surface area contributed by atoms with E-state index in [2.05, 4.69) is 17.6 Å². The molecule has 0 spiro atoms. The fraction of sp³-hybridized carbons (Fsp3) is 0.500. The van der Waals surface area contributed by atoms with Gasteiger partial charge in [0.1, 0.15) is 0 Å². The largest absolute Gasteiger partial charge is 0.381 e. The predicted octanol–water partition coefficient (Wildman–Crippen LogP) is 2.30. The van der Waals surface area contributed by atoms with Gasteiger partial charge in [-0.2, -0.15) is 0 Å². The molecular formula is C14H22N2O2. The average molecular weight is 250 g/mol. The van der Waals surface area contributed by atoms with Gasteiger partial charge in [0.05, 0.1) is 0 Å². The summed E-state index contributed by atoms with van der Waals surface area (Å²) < 4.78 is 5.32. The number of urea groups is 1. The molecule has 0 aliphatic heterocycles. The zero-order chi connectivity index (χ0) is 13.1. The van der Waals surface area contributed by atoms with Crippen molar-refractivity contribution in [1.29, 1.82) is 0 Å². The molecule has 100 valence electrons. The maximum absolute atomic E-state index is 11.4. The molecule has 0 saturated carbocycles. The van der Waals surface area contributed by atoms with Gasteiger partial charge in [-0.3, -0.25) is 0 Å². The lowest BCUT2D eigenvalue weighted by atomic mass is 10.2. The minimum Gasteiger partial charge on any atom is -0.381 e. The molecule has 1 rings (SSSR count). The molecule has 4 nitrogen and oxygen atoms in total. The molecule has 1 aromatic carbocycles. The lowest BCUT2D eigenvalue weighted by Crippen LogP contribution is -2.35. The molecule has 2 N–H and O–H groups in total. The highest BCUT2D eigenvalue weighted by Crippen LogP contribution is 1.96. The highest BCUT2D eigenvalue weighted by atomic mass is 16.5. The lowest BCUT2D eigenvalue weighted by Gasteiger charge is -2.07. The van der Waals surface area contributed by atoms with E-state index in [0.29, 0.717) is 19.7 Å². The molecule has 0 atom stereocenters. The van der Waals surface area contributed by atoms with Crippen molar-refractivity contribution in [3.63, 3.8) is 0 Å². The first-order valence-electron chi connectivity index (χ1n) is 6.46. The van der Waals surface area contributed by atoms with E-state index in [-0.39, 0.29) is 6.03 Å². The smallest absolute Gasteiger partial charge is 0.315 e. The first-order chi connectivity index (χ1) is 8.83. The molecule has 18 heavy (non-hydrogen) atoms. The normalized spacial score (nSPS) is 10.1. The minimum absolute atomic E-state index is 0.130. The van der Waals surface area contributed by atoms with Crippen molar-refractivity contribution in [1.82, 2.24) is 10.6 Å². The Morgan fingerprint density at radius 3 is 2.67 bits per heavy atom. The molecule has 1 aromatic rings. The summed E-state index contributed by atoms with van der Waals surface area (Å²) in [6.45, 7) is 4.77. The van der Waals surface area contributed by atoms with Crippen LogP contribution in [0.2, 0.25) is 0 Å². The van der Waals surface area contributed by atoms with Crippen molar-refractivity contribution in [3.05, 3.63) is 35.9 Å². The molecule has 0 aliphatic rings. The van der Waals surface area contributed by atoms with E-state index in [1.54, 1.807) is 0 Å². The Morgan fingerprint density at radius 2 is 1.94 bits per heavy atom. The summed E-state index contributed by atoms with van der Waals surface area (Å²) in [6.07, 6.45) is 1.88. The molecule has 2 amide bonds. The second-order valence-corrected chi connectivity index (χ2v) is 4.06. The van der Waals surface area contributed by atoms with Crippen LogP contribution in [0.25, 0.3) is 0 Å². The van der Waals surface area contributed by atoms with Gasteiger partial charge in [0.25, 0.3) is 0 Å². The van der Waals surface area contributed by atoms with Crippen molar-refractivity contribution in [2.24, 2.45) is 0 Å². The Bertz CT molecular complexity index is 328. The summed E-state index contributed by atoms with van der Waals surface area (Å²) in [7, 11) is 0. The summed E-state index contributed by atoms with van der Waals surface area (Å²) in [5.74, 6) is 0. The van der Waals surface area contributed by atoms with Crippen molar-refractivity contribution in [3.8, 4) is 0 Å². The summed E-state index contributed by atoms with van der Waals surface area (Å²) in [5, 5.41) is 5.61. The Labute approximate surface area is 109 Å². The Morgan fingerprint density at radius 1 is 1.17 bits per heavy atom. The molecule has 0 bridgehead atoms. The van der Waals surface area contributed by atoms with Gasteiger partial charge in [-0.25, -0.2) is 4.79 Å². The molecule has 0 saturated heterocycles. The van der Waals surface area contributed by atoms with Gasteiger partial charge in [-0.15, -0.1) is 0 Å². The molecular weight excluding hydrogens is 228 g/mol. The second kappa shape index (κ2) is 9.48. The quantitative estimate of drug-likeness (QED) is 0.696. The molecule has 4 heteroatoms. The summed E-state index contributed by atoms with van der Waals surface area (Å²) in [6, 6.07) is 9.71. The highest BCUT2D eigenvalue weighted by Gasteiger charge is 1.98. The summed E-state index contributed by atoms with van der Waals surface area (Å²) in [5.41, 5.74) is 1.10. The standard InChI is InChI=1S/C14H22N2O2/c1-2-10-18-11-6-9-15-14(17)16-12-13-7-4-3-5-8-13/h3-5,7-8H,2,6,9-12H2,1H3,(H2,15,16,17). The number of nitrogens with one attached hydrogen (secondary N) is 2. The van der Waals surface area contributed by atoms with Crippen LogP contribution in [0.1, 0.15) is 25.3 Å². The number of hydrogen-bond donors (Lipinski definition) is 2. The van der Waals surface area contributed by atoms with Crippen molar-refractivity contribution >= 4 is 6.03 Å². The van der Waals surface area contributed by atoms with Gasteiger partial charge >= 0.3 is 6.03 Å². The molecule has 0 aliphatic carbocycles. The first kappa shape index (κ1) is 14.5. The van der Waals surface area contributed by atoms with Crippen LogP contribution in [0.5, 0.6) is 0 Å². The van der Waals surface area contributed by atoms with Crippen LogP contribution in [0.15, 0.2) is 30.3 Å². The van der Waals surface area contributed by atoms with Gasteiger partial charge in [0, 0.05) is 26.3 Å². The topological polar surface area (TPSA) is 50.4 Å². The van der Waals surface area contributed by atoms with Crippen molar-refractivity contribution < 1.29 is 9.53 Å². The van der Waals surface area contributed by atoms with Crippen molar-refractivity contribution in [2.45, 2.75) is 26.3 Å². The van der Waals surface area contributed by atoms with Crippen LogP contribution in [-0.4, -0.2) is 25.8 Å². The van der Waals surface area contributed by atoms with E-state index in [9.17, 15) is 4.79 Å². The van der Waals surface area contributed by atoms with Crippen molar-refractivity contribution in [2.75, 3.05) is 19.8 Å². The third-order valence-electron chi connectivity index (χ3n) is 2.40. The molecule has 0 unspecified atom stereocenters. The Balaban J connectivity index is 2.01. The monoisotopic (exact) mass is 250 g/mol. The van der Waals surface area contributed by atoms with Gasteiger partial charge in [-0.1, -0.05) is 37.3 Å². The van der Waals surface area contributed by atoms with Crippen LogP contribution >= 0.6 is 0 Å². The van der Waals surface area contributed by atoms with Crippen LogP contribution in [0.4, 0.5) is 4.79 Å². The molecule has 0 heterocycles. The number of carbonyl (C=O) groups is 1. The number of hydrogen-bond acceptors (Lipinski definition) is 2. The third-order valence-corrected chi connectivity index (χ3v) is 2.40. The fourth-order valence-electron chi connectivity index (χ4n) is 1.46. The number of carbonyl (C=O) groups excluding carboxylic acids is 1. The summed E-state index contributed by atoms with van der Waals surface area (Å²) >= 11 is 0. The van der Waals surface area contributed by atoms with Crippen LogP contribution in [0.3, 0.4) is 0 Å². The fourth-order valence-corrected chi connectivity index (χ4v) is 1.46. The highest BCUT2D eigenvalue weighted by molar-refractivity contribution is 5.73. The van der Waals surface area contributed by atoms with Gasteiger partial charge in [0.2, 0.25) is 0 Å². The number of amides is 2. The SMILES string of the molecule is CCCOCCCNC(=O)NCc1ccccc1. The summed E-state index contributed by atoms with van der Waals surface area (Å²) in [4.78, 5) is 11.4. The zero-order valence-electron chi connectivity index (χ0n) is 10.9. The van der Waals surface area contributed by atoms with Crippen LogP contribution in [-0.2, 0) is 11.3 Å². The molecule has 0 aromatic heterocycles. The first-order valence-corrected chi connectivity index (χ1v) is 6.46. The number of benzene rings is 1. The second-order valence-electron chi connectivity index (χ2n) is 4.06. The van der Waals surface area contributed by atoms with E-state index >= 15 is 0 Å². The van der Waals surface area contributed by atoms with E-state index in [1.165, 1.54) is 0 Å². The average Bonchev–Trinajstić information content (AvgIpc) is 2.41. The lowest BCUT2D eigenvalue weighted by molar-refractivity contribution is 0.132. The zero-order valence-corrected chi connectivity index (χ0v) is 10.9. The van der Waals surface area contributed by atoms with E-state index in [0.717, 1.165) is 25.0 Å². The van der Waals surface area contributed by atoms with E-state index in [1.807, 2.05) is 30.3 Å². The predicted molar refractivity (Wildman–Crippen MR) is 72.4 cm³/mol. The van der Waals surface area contributed by atoms with Crippen LogP contribution in [0, 0.1) is 0 Å². The Hall–Kier alpha value is -1.55. The number of ether oxygens (including phenoxy) is 1. The maximum atomic E-state index is 11.4. The van der Waals surface area contributed by atoms with E-state index in [4.69, 9.17) is 4.74 Å². The van der Waals surface area contributed by atoms with E-state index < -0.39 is 0 Å². The van der Waals surface area contributed by atoms with Gasteiger partial charge in [0.15, 0.2) is 0 Å². The Kier molecular flexibility index (Phi) is 7.64. The van der Waals surface area contributed by atoms with Crippen LogP contribution < -0.4 is 10.6 Å². The minimum atomic E-state index is -0.130. The third kappa shape index (κ3) is 6.91. The number of rotatable bonds is 8. The molecule has 0 radical (unpaired) electrons. The van der Waals surface area contributed by atoms with Gasteiger partial charge in [-0.05, 0) is 18.4 Å². The maximum Gasteiger partial charge on any atom is 0.315 e. The molecule has 0 fully saturated rings. The van der Waals surface area contributed by atoms with Gasteiger partial charge < -0.3 is 15.4 Å².